The maximum atomic E-state index is 15.1. The van der Waals surface area contributed by atoms with Gasteiger partial charge < -0.3 is 10.2 Å². The van der Waals surface area contributed by atoms with Crippen LogP contribution in [0.2, 0.25) is 0 Å². The molecule has 32 heavy (non-hydrogen) atoms. The van der Waals surface area contributed by atoms with E-state index in [9.17, 15) is 4.79 Å². The summed E-state index contributed by atoms with van der Waals surface area (Å²) in [5.41, 5.74) is 4.37. The summed E-state index contributed by atoms with van der Waals surface area (Å²) in [4.78, 5) is 21.1. The Morgan fingerprint density at radius 1 is 1.22 bits per heavy atom. The number of nitrogens with one attached hydrogen (secondary N) is 1. The largest absolute Gasteiger partial charge is 0.363 e. The highest BCUT2D eigenvalue weighted by molar-refractivity contribution is 5.99. The van der Waals surface area contributed by atoms with Crippen LogP contribution in [0.3, 0.4) is 0 Å². The van der Waals surface area contributed by atoms with Gasteiger partial charge in [0.15, 0.2) is 0 Å². The lowest BCUT2D eigenvalue weighted by Gasteiger charge is -2.37. The van der Waals surface area contributed by atoms with Gasteiger partial charge in [-0.2, -0.15) is 0 Å². The van der Waals surface area contributed by atoms with Gasteiger partial charge in [-0.25, -0.2) is 9.37 Å². The van der Waals surface area contributed by atoms with Crippen molar-refractivity contribution in [2.24, 2.45) is 0 Å². The zero-order valence-electron chi connectivity index (χ0n) is 19.7. The second-order valence-corrected chi connectivity index (χ2v) is 9.71. The number of fused-ring (bicyclic) bond motifs is 1. The normalized spacial score (nSPS) is 17.9. The van der Waals surface area contributed by atoms with Crippen molar-refractivity contribution in [1.82, 2.24) is 14.8 Å². The Morgan fingerprint density at radius 3 is 2.62 bits per heavy atom. The van der Waals surface area contributed by atoms with Crippen molar-refractivity contribution in [3.63, 3.8) is 0 Å². The topological polar surface area (TPSA) is 48.5 Å². The van der Waals surface area contributed by atoms with Gasteiger partial charge in [0.25, 0.3) is 5.91 Å². The van der Waals surface area contributed by atoms with Crippen LogP contribution in [0.1, 0.15) is 74.1 Å². The number of carbonyl (C=O) groups excluding carboxylic acids is 1. The molecule has 0 spiro atoms. The van der Waals surface area contributed by atoms with Crippen molar-refractivity contribution in [2.75, 3.05) is 25.0 Å². The molecular weight excluding hydrogens is 403 g/mol. The Bertz CT molecular complexity index is 1060. The third-order valence-electron chi connectivity index (χ3n) is 6.65. The summed E-state index contributed by atoms with van der Waals surface area (Å²) >= 11 is 0. The second kappa shape index (κ2) is 8.66. The maximum Gasteiger partial charge on any atom is 0.254 e. The summed E-state index contributed by atoms with van der Waals surface area (Å²) < 4.78 is 15.1. The van der Waals surface area contributed by atoms with Crippen LogP contribution in [0.25, 0.3) is 5.57 Å². The van der Waals surface area contributed by atoms with Crippen molar-refractivity contribution >= 4 is 17.3 Å². The smallest absolute Gasteiger partial charge is 0.254 e. The van der Waals surface area contributed by atoms with Crippen molar-refractivity contribution in [3.05, 3.63) is 64.6 Å². The van der Waals surface area contributed by atoms with Gasteiger partial charge >= 0.3 is 0 Å². The molecule has 3 heterocycles. The molecule has 1 atom stereocenters. The first-order valence-electron chi connectivity index (χ1n) is 11.5. The van der Waals surface area contributed by atoms with Crippen LogP contribution in [0, 0.1) is 5.82 Å². The first-order valence-corrected chi connectivity index (χ1v) is 11.5. The zero-order valence-corrected chi connectivity index (χ0v) is 19.7. The molecule has 0 unspecified atom stereocenters. The van der Waals surface area contributed by atoms with Crippen LogP contribution in [0.4, 0.5) is 10.2 Å². The van der Waals surface area contributed by atoms with Gasteiger partial charge in [-0.05, 0) is 64.3 Å². The molecule has 1 amide bonds. The Hall–Kier alpha value is -2.73. The number of rotatable bonds is 5. The van der Waals surface area contributed by atoms with E-state index in [0.717, 1.165) is 36.2 Å². The zero-order chi connectivity index (χ0) is 23.0. The van der Waals surface area contributed by atoms with Gasteiger partial charge in [-0.15, -0.1) is 0 Å². The first-order chi connectivity index (χ1) is 15.2. The van der Waals surface area contributed by atoms with Crippen molar-refractivity contribution in [3.8, 4) is 0 Å². The molecule has 0 aliphatic carbocycles. The van der Waals surface area contributed by atoms with Crippen molar-refractivity contribution in [2.45, 2.75) is 59.2 Å². The minimum absolute atomic E-state index is 0.0433. The van der Waals surface area contributed by atoms with E-state index in [1.54, 1.807) is 23.2 Å². The van der Waals surface area contributed by atoms with E-state index in [2.05, 4.69) is 42.0 Å². The SMILES string of the molecule is CCN1Cc2c(ccnc2N[C@@H](C)c2ccc(C3=CCN(C(C)(C)C)CC3)c(F)c2)C1=O. The molecule has 1 N–H and O–H groups in total. The number of hydrogen-bond donors (Lipinski definition) is 1. The van der Waals surface area contributed by atoms with Crippen LogP contribution in [-0.4, -0.2) is 45.9 Å². The first kappa shape index (κ1) is 22.5. The number of aromatic nitrogens is 1. The third kappa shape index (κ3) is 4.29. The van der Waals surface area contributed by atoms with Gasteiger partial charge in [0.1, 0.15) is 11.6 Å². The molecule has 0 bridgehead atoms. The predicted molar refractivity (Wildman–Crippen MR) is 127 cm³/mol. The van der Waals surface area contributed by atoms with Crippen LogP contribution in [0.5, 0.6) is 0 Å². The van der Waals surface area contributed by atoms with E-state index in [4.69, 9.17) is 0 Å². The highest BCUT2D eigenvalue weighted by Crippen LogP contribution is 2.32. The number of nitrogens with zero attached hydrogens (tertiary/aromatic N) is 3. The highest BCUT2D eigenvalue weighted by Gasteiger charge is 2.29. The van der Waals surface area contributed by atoms with Crippen LogP contribution >= 0.6 is 0 Å². The summed E-state index contributed by atoms with van der Waals surface area (Å²) in [7, 11) is 0. The van der Waals surface area contributed by atoms with Crippen molar-refractivity contribution in [1.29, 1.82) is 0 Å². The molecule has 4 rings (SSSR count). The number of carbonyl (C=O) groups is 1. The molecule has 5 nitrogen and oxygen atoms in total. The highest BCUT2D eigenvalue weighted by atomic mass is 19.1. The van der Waals surface area contributed by atoms with Gasteiger partial charge in [-0.3, -0.25) is 9.69 Å². The standard InChI is InChI=1S/C26H33FN4O/c1-6-30-16-22-21(25(30)32)9-12-28-24(22)29-17(2)19-7-8-20(23(27)15-19)18-10-13-31(14-11-18)26(3,4)5/h7-10,12,15,17H,6,11,13-14,16H2,1-5H3,(H,28,29)/t17-/m0/s1. The fourth-order valence-corrected chi connectivity index (χ4v) is 4.54. The summed E-state index contributed by atoms with van der Waals surface area (Å²) in [6, 6.07) is 7.14. The van der Waals surface area contributed by atoms with Gasteiger partial charge in [0.2, 0.25) is 0 Å². The number of amides is 1. The monoisotopic (exact) mass is 436 g/mol. The molecule has 1 aromatic carbocycles. The lowest BCUT2D eigenvalue weighted by Crippen LogP contribution is -2.43. The number of halogens is 1. The van der Waals surface area contributed by atoms with Gasteiger partial charge in [0, 0.05) is 48.1 Å². The van der Waals surface area contributed by atoms with E-state index in [1.807, 2.05) is 26.0 Å². The number of pyridine rings is 1. The summed E-state index contributed by atoms with van der Waals surface area (Å²) in [6.07, 6.45) is 4.66. The fraction of sp³-hybridized carbons (Fsp3) is 0.462. The number of hydrogen-bond acceptors (Lipinski definition) is 4. The molecule has 6 heteroatoms. The third-order valence-corrected chi connectivity index (χ3v) is 6.65. The summed E-state index contributed by atoms with van der Waals surface area (Å²) in [5, 5.41) is 3.39. The summed E-state index contributed by atoms with van der Waals surface area (Å²) in [5.74, 6) is 0.549. The molecule has 0 radical (unpaired) electrons. The molecule has 1 aromatic heterocycles. The van der Waals surface area contributed by atoms with E-state index in [1.165, 1.54) is 0 Å². The Labute approximate surface area is 190 Å². The molecule has 0 saturated carbocycles. The maximum absolute atomic E-state index is 15.1. The summed E-state index contributed by atoms with van der Waals surface area (Å²) in [6.45, 7) is 13.6. The molecule has 2 aliphatic heterocycles. The van der Waals surface area contributed by atoms with Gasteiger partial charge in [0.05, 0.1) is 12.6 Å². The quantitative estimate of drug-likeness (QED) is 0.695. The van der Waals surface area contributed by atoms with Crippen LogP contribution < -0.4 is 5.32 Å². The van der Waals surface area contributed by atoms with E-state index in [-0.39, 0.29) is 23.3 Å². The van der Waals surface area contributed by atoms with Crippen LogP contribution in [0.15, 0.2) is 36.5 Å². The average Bonchev–Trinajstić information content (AvgIpc) is 3.10. The Kier molecular flexibility index (Phi) is 6.08. The van der Waals surface area contributed by atoms with E-state index < -0.39 is 0 Å². The van der Waals surface area contributed by atoms with E-state index in [0.29, 0.717) is 30.0 Å². The lowest BCUT2D eigenvalue weighted by molar-refractivity contribution is 0.0787. The van der Waals surface area contributed by atoms with E-state index >= 15 is 4.39 Å². The fourth-order valence-electron chi connectivity index (χ4n) is 4.54. The average molecular weight is 437 g/mol. The molecule has 0 saturated heterocycles. The van der Waals surface area contributed by atoms with Crippen LogP contribution in [-0.2, 0) is 6.54 Å². The predicted octanol–water partition coefficient (Wildman–Crippen LogP) is 5.26. The molecule has 2 aliphatic rings. The minimum atomic E-state index is -0.190. The number of benzene rings is 1. The lowest BCUT2D eigenvalue weighted by atomic mass is 9.94. The minimum Gasteiger partial charge on any atom is -0.363 e. The second-order valence-electron chi connectivity index (χ2n) is 9.71. The Morgan fingerprint density at radius 2 is 2.00 bits per heavy atom. The molecular formula is C26H33FN4O. The molecule has 2 aromatic rings. The van der Waals surface area contributed by atoms with Crippen molar-refractivity contribution < 1.29 is 9.18 Å². The van der Waals surface area contributed by atoms with Gasteiger partial charge in [-0.1, -0.05) is 18.2 Å². The molecule has 170 valence electrons. The molecule has 0 fully saturated rings. The number of anilines is 1. The Balaban J connectivity index is 1.50.